The summed E-state index contributed by atoms with van der Waals surface area (Å²) in [7, 11) is 0. The van der Waals surface area contributed by atoms with Crippen LogP contribution in [-0.2, 0) is 14.3 Å². The van der Waals surface area contributed by atoms with Crippen molar-refractivity contribution in [2.75, 3.05) is 13.1 Å². The second-order valence-electron chi connectivity index (χ2n) is 6.39. The maximum atomic E-state index is 12.6. The van der Waals surface area contributed by atoms with E-state index in [-0.39, 0.29) is 5.91 Å². The van der Waals surface area contributed by atoms with Gasteiger partial charge >= 0.3 is 5.97 Å². The fourth-order valence-electron chi connectivity index (χ4n) is 3.58. The highest BCUT2D eigenvalue weighted by Crippen LogP contribution is 2.29. The number of carboxylic acid groups (broad SMARTS) is 1. The van der Waals surface area contributed by atoms with E-state index in [0.717, 1.165) is 32.4 Å². The molecule has 0 aromatic heterocycles. The number of hydrogen-bond donors (Lipinski definition) is 1. The SMILES string of the molecule is O=C(O)[C@H]1CC[C@@H](C(=O)N2CCCC(c3ccccc3)CC2)O1. The lowest BCUT2D eigenvalue weighted by Gasteiger charge is -2.24. The van der Waals surface area contributed by atoms with Crippen molar-refractivity contribution < 1.29 is 19.4 Å². The number of hydrogen-bond acceptors (Lipinski definition) is 3. The fraction of sp³-hybridized carbons (Fsp3) is 0.556. The zero-order valence-corrected chi connectivity index (χ0v) is 13.2. The maximum absolute atomic E-state index is 12.6. The van der Waals surface area contributed by atoms with E-state index < -0.39 is 18.2 Å². The Kier molecular flexibility index (Phi) is 4.96. The van der Waals surface area contributed by atoms with Crippen LogP contribution in [0.1, 0.15) is 43.6 Å². The molecule has 1 amide bonds. The average molecular weight is 317 g/mol. The van der Waals surface area contributed by atoms with Gasteiger partial charge in [-0.15, -0.1) is 0 Å². The largest absolute Gasteiger partial charge is 0.479 e. The van der Waals surface area contributed by atoms with Gasteiger partial charge in [-0.3, -0.25) is 4.79 Å². The van der Waals surface area contributed by atoms with Crippen molar-refractivity contribution in [1.29, 1.82) is 0 Å². The molecule has 2 aliphatic rings. The van der Waals surface area contributed by atoms with E-state index in [4.69, 9.17) is 9.84 Å². The van der Waals surface area contributed by atoms with Crippen LogP contribution >= 0.6 is 0 Å². The molecule has 5 nitrogen and oxygen atoms in total. The number of nitrogens with zero attached hydrogens (tertiary/aromatic N) is 1. The van der Waals surface area contributed by atoms with E-state index in [9.17, 15) is 9.59 Å². The van der Waals surface area contributed by atoms with E-state index in [1.807, 2.05) is 11.0 Å². The molecule has 0 radical (unpaired) electrons. The molecule has 3 rings (SSSR count). The van der Waals surface area contributed by atoms with Crippen LogP contribution in [0.5, 0.6) is 0 Å². The highest BCUT2D eigenvalue weighted by molar-refractivity contribution is 5.82. The normalized spacial score (nSPS) is 28.3. The molecule has 124 valence electrons. The van der Waals surface area contributed by atoms with Crippen molar-refractivity contribution >= 4 is 11.9 Å². The molecule has 5 heteroatoms. The summed E-state index contributed by atoms with van der Waals surface area (Å²) in [6.07, 6.45) is 2.53. The Morgan fingerprint density at radius 2 is 1.74 bits per heavy atom. The summed E-state index contributed by atoms with van der Waals surface area (Å²) in [5.41, 5.74) is 1.34. The molecule has 3 atom stereocenters. The van der Waals surface area contributed by atoms with E-state index in [1.54, 1.807) is 0 Å². The summed E-state index contributed by atoms with van der Waals surface area (Å²) in [6.45, 7) is 1.45. The highest BCUT2D eigenvalue weighted by Gasteiger charge is 2.37. The number of likely N-dealkylation sites (tertiary alicyclic amines) is 1. The Morgan fingerprint density at radius 3 is 2.43 bits per heavy atom. The van der Waals surface area contributed by atoms with E-state index in [0.29, 0.717) is 18.8 Å². The molecule has 1 N–H and O–H groups in total. The number of carbonyl (C=O) groups excluding carboxylic acids is 1. The summed E-state index contributed by atoms with van der Waals surface area (Å²) < 4.78 is 5.40. The number of rotatable bonds is 3. The fourth-order valence-corrected chi connectivity index (χ4v) is 3.58. The molecular formula is C18H23NO4. The molecule has 1 aromatic rings. The van der Waals surface area contributed by atoms with Crippen molar-refractivity contribution in [1.82, 2.24) is 4.90 Å². The van der Waals surface area contributed by atoms with E-state index in [1.165, 1.54) is 5.56 Å². The van der Waals surface area contributed by atoms with Crippen LogP contribution in [0.2, 0.25) is 0 Å². The van der Waals surface area contributed by atoms with Crippen LogP contribution < -0.4 is 0 Å². The monoisotopic (exact) mass is 317 g/mol. The Labute approximate surface area is 136 Å². The topological polar surface area (TPSA) is 66.8 Å². The lowest BCUT2D eigenvalue weighted by Crippen LogP contribution is -2.40. The lowest BCUT2D eigenvalue weighted by atomic mass is 9.92. The summed E-state index contributed by atoms with van der Waals surface area (Å²) in [6, 6.07) is 10.4. The molecule has 0 saturated carbocycles. The second-order valence-corrected chi connectivity index (χ2v) is 6.39. The molecule has 2 saturated heterocycles. The van der Waals surface area contributed by atoms with Crippen LogP contribution in [0, 0.1) is 0 Å². The van der Waals surface area contributed by atoms with Gasteiger partial charge in [0, 0.05) is 13.1 Å². The average Bonchev–Trinajstić information content (AvgIpc) is 2.94. The van der Waals surface area contributed by atoms with Gasteiger partial charge in [-0.25, -0.2) is 4.79 Å². The molecular weight excluding hydrogens is 294 g/mol. The van der Waals surface area contributed by atoms with Gasteiger partial charge in [0.15, 0.2) is 6.10 Å². The third kappa shape index (κ3) is 3.72. The smallest absolute Gasteiger partial charge is 0.332 e. The molecule has 0 spiro atoms. The minimum absolute atomic E-state index is 0.0394. The van der Waals surface area contributed by atoms with E-state index in [2.05, 4.69) is 24.3 Å². The molecule has 2 fully saturated rings. The van der Waals surface area contributed by atoms with Gasteiger partial charge in [0.25, 0.3) is 5.91 Å². The second kappa shape index (κ2) is 7.13. The first-order valence-corrected chi connectivity index (χ1v) is 8.37. The van der Waals surface area contributed by atoms with Gasteiger partial charge in [0.1, 0.15) is 6.10 Å². The third-order valence-corrected chi connectivity index (χ3v) is 4.88. The van der Waals surface area contributed by atoms with Crippen molar-refractivity contribution in [3.05, 3.63) is 35.9 Å². The number of aliphatic carboxylic acids is 1. The molecule has 1 aromatic carbocycles. The van der Waals surface area contributed by atoms with Gasteiger partial charge in [-0.1, -0.05) is 30.3 Å². The van der Waals surface area contributed by atoms with Crippen LogP contribution in [0.25, 0.3) is 0 Å². The van der Waals surface area contributed by atoms with Gasteiger partial charge in [-0.05, 0) is 43.6 Å². The number of benzene rings is 1. The molecule has 23 heavy (non-hydrogen) atoms. The van der Waals surface area contributed by atoms with Crippen molar-refractivity contribution in [2.24, 2.45) is 0 Å². The van der Waals surface area contributed by atoms with Crippen molar-refractivity contribution in [3.8, 4) is 0 Å². The quantitative estimate of drug-likeness (QED) is 0.929. The van der Waals surface area contributed by atoms with Gasteiger partial charge in [-0.2, -0.15) is 0 Å². The van der Waals surface area contributed by atoms with Gasteiger partial charge in [0.05, 0.1) is 0 Å². The Bertz CT molecular complexity index is 559. The van der Waals surface area contributed by atoms with Gasteiger partial charge in [0.2, 0.25) is 0 Å². The standard InChI is InChI=1S/C18H23NO4/c20-17(15-8-9-16(23-15)18(21)22)19-11-4-7-14(10-12-19)13-5-2-1-3-6-13/h1-3,5-6,14-16H,4,7-12H2,(H,21,22)/t14?,15-,16+/m0/s1. The number of carbonyl (C=O) groups is 2. The zero-order valence-electron chi connectivity index (χ0n) is 13.2. The first-order valence-electron chi connectivity index (χ1n) is 8.37. The Hall–Kier alpha value is -1.88. The van der Waals surface area contributed by atoms with Crippen LogP contribution in [0.15, 0.2) is 30.3 Å². The Balaban J connectivity index is 1.58. The lowest BCUT2D eigenvalue weighted by molar-refractivity contribution is -0.154. The molecule has 1 unspecified atom stereocenters. The minimum atomic E-state index is -0.972. The molecule has 0 bridgehead atoms. The minimum Gasteiger partial charge on any atom is -0.479 e. The summed E-state index contributed by atoms with van der Waals surface area (Å²) in [5.74, 6) is -0.520. The molecule has 0 aliphatic carbocycles. The predicted octanol–water partition coefficient (Wildman–Crippen LogP) is 2.41. The summed E-state index contributed by atoms with van der Waals surface area (Å²) in [5, 5.41) is 8.98. The first kappa shape index (κ1) is 16.0. The van der Waals surface area contributed by atoms with Gasteiger partial charge < -0.3 is 14.7 Å². The zero-order chi connectivity index (χ0) is 16.2. The first-order chi connectivity index (χ1) is 11.1. The number of carboxylic acids is 1. The third-order valence-electron chi connectivity index (χ3n) is 4.88. The predicted molar refractivity (Wildman–Crippen MR) is 85.1 cm³/mol. The molecule has 2 heterocycles. The molecule has 2 aliphatic heterocycles. The van der Waals surface area contributed by atoms with E-state index >= 15 is 0 Å². The Morgan fingerprint density at radius 1 is 1.00 bits per heavy atom. The summed E-state index contributed by atoms with van der Waals surface area (Å²) >= 11 is 0. The van der Waals surface area contributed by atoms with Crippen LogP contribution in [0.3, 0.4) is 0 Å². The summed E-state index contributed by atoms with van der Waals surface area (Å²) in [4.78, 5) is 25.4. The van der Waals surface area contributed by atoms with Crippen LogP contribution in [-0.4, -0.2) is 47.2 Å². The van der Waals surface area contributed by atoms with Crippen LogP contribution in [0.4, 0.5) is 0 Å². The van der Waals surface area contributed by atoms with Crippen molar-refractivity contribution in [3.63, 3.8) is 0 Å². The highest BCUT2D eigenvalue weighted by atomic mass is 16.5. The maximum Gasteiger partial charge on any atom is 0.332 e. The number of amides is 1. The number of ether oxygens (including phenoxy) is 1. The van der Waals surface area contributed by atoms with Crippen molar-refractivity contribution in [2.45, 2.75) is 50.2 Å².